The van der Waals surface area contributed by atoms with Gasteiger partial charge in [-0.15, -0.1) is 0 Å². The molecule has 0 spiro atoms. The summed E-state index contributed by atoms with van der Waals surface area (Å²) in [6, 6.07) is 0. The van der Waals surface area contributed by atoms with E-state index in [9.17, 15) is 9.59 Å². The lowest BCUT2D eigenvalue weighted by atomic mass is 9.93. The van der Waals surface area contributed by atoms with Crippen molar-refractivity contribution < 1.29 is 14.7 Å². The van der Waals surface area contributed by atoms with Gasteiger partial charge in [0.1, 0.15) is 0 Å². The highest BCUT2D eigenvalue weighted by atomic mass is 16.4. The highest BCUT2D eigenvalue weighted by Gasteiger charge is 2.27. The van der Waals surface area contributed by atoms with E-state index >= 15 is 0 Å². The van der Waals surface area contributed by atoms with E-state index in [0.29, 0.717) is 24.4 Å². The van der Waals surface area contributed by atoms with Gasteiger partial charge in [0.05, 0.1) is 11.8 Å². The topological polar surface area (TPSA) is 75.4 Å². The minimum absolute atomic E-state index is 0.0255. The van der Waals surface area contributed by atoms with Crippen molar-refractivity contribution in [3.8, 4) is 0 Å². The van der Waals surface area contributed by atoms with E-state index in [2.05, 4.69) is 18.9 Å². The van der Waals surface area contributed by atoms with Crippen LogP contribution in [0.5, 0.6) is 0 Å². The molecule has 1 aromatic heterocycles. The number of aliphatic carboxylic acids is 1. The van der Waals surface area contributed by atoms with E-state index in [4.69, 9.17) is 5.11 Å². The summed E-state index contributed by atoms with van der Waals surface area (Å²) in [5.41, 5.74) is 1.58. The molecular weight excluding hydrogens is 294 g/mol. The molecule has 1 aromatic rings. The zero-order valence-electron chi connectivity index (χ0n) is 14.3. The third-order valence-corrected chi connectivity index (χ3v) is 4.44. The number of carbonyl (C=O) groups excluding carboxylic acids is 1. The summed E-state index contributed by atoms with van der Waals surface area (Å²) in [6.45, 7) is 8.40. The number of rotatable bonds is 6. The van der Waals surface area contributed by atoms with Crippen molar-refractivity contribution in [3.05, 3.63) is 17.5 Å². The van der Waals surface area contributed by atoms with Crippen LogP contribution in [0.4, 0.5) is 0 Å². The number of aromatic nitrogens is 2. The summed E-state index contributed by atoms with van der Waals surface area (Å²) in [4.78, 5) is 25.3. The normalized spacial score (nSPS) is 18.4. The second-order valence-electron chi connectivity index (χ2n) is 6.91. The molecular formula is C17H27N3O3. The molecule has 128 valence electrons. The molecule has 0 aromatic carbocycles. The fourth-order valence-electron chi connectivity index (χ4n) is 3.17. The monoisotopic (exact) mass is 321 g/mol. The Morgan fingerprint density at radius 2 is 2.17 bits per heavy atom. The van der Waals surface area contributed by atoms with Crippen LogP contribution in [0.25, 0.3) is 0 Å². The predicted molar refractivity (Wildman–Crippen MR) is 87.3 cm³/mol. The van der Waals surface area contributed by atoms with Gasteiger partial charge in [-0.25, -0.2) is 0 Å². The Hall–Kier alpha value is -1.85. The highest BCUT2D eigenvalue weighted by Crippen LogP contribution is 2.23. The smallest absolute Gasteiger partial charge is 0.303 e. The van der Waals surface area contributed by atoms with Crippen LogP contribution in [0.3, 0.4) is 0 Å². The Kier molecular flexibility index (Phi) is 5.80. The van der Waals surface area contributed by atoms with E-state index < -0.39 is 5.97 Å². The van der Waals surface area contributed by atoms with Crippen molar-refractivity contribution >= 4 is 11.9 Å². The number of carbonyl (C=O) groups is 2. The van der Waals surface area contributed by atoms with Gasteiger partial charge in [-0.2, -0.15) is 5.10 Å². The Labute approximate surface area is 137 Å². The van der Waals surface area contributed by atoms with Crippen molar-refractivity contribution in [1.29, 1.82) is 0 Å². The maximum Gasteiger partial charge on any atom is 0.303 e. The molecule has 0 saturated carbocycles. The number of hydrogen-bond acceptors (Lipinski definition) is 3. The molecule has 0 bridgehead atoms. The summed E-state index contributed by atoms with van der Waals surface area (Å²) in [5, 5.41) is 13.2. The molecule has 6 heteroatoms. The van der Waals surface area contributed by atoms with Crippen molar-refractivity contribution in [1.82, 2.24) is 14.7 Å². The van der Waals surface area contributed by atoms with E-state index in [1.54, 1.807) is 6.20 Å². The summed E-state index contributed by atoms with van der Waals surface area (Å²) >= 11 is 0. The lowest BCUT2D eigenvalue weighted by Crippen LogP contribution is -2.40. The van der Waals surface area contributed by atoms with Crippen LogP contribution < -0.4 is 0 Å². The first-order valence-corrected chi connectivity index (χ1v) is 8.42. The third-order valence-electron chi connectivity index (χ3n) is 4.44. The molecule has 2 heterocycles. The van der Waals surface area contributed by atoms with Crippen LogP contribution in [0.1, 0.15) is 55.6 Å². The maximum atomic E-state index is 12.8. The lowest BCUT2D eigenvalue weighted by molar-refractivity contribution is -0.137. The minimum atomic E-state index is -0.765. The molecule has 1 amide bonds. The van der Waals surface area contributed by atoms with Crippen molar-refractivity contribution in [2.75, 3.05) is 13.1 Å². The zero-order chi connectivity index (χ0) is 17.0. The first-order chi connectivity index (χ1) is 10.9. The molecule has 1 unspecified atom stereocenters. The van der Waals surface area contributed by atoms with Crippen molar-refractivity contribution in [2.45, 2.75) is 53.0 Å². The van der Waals surface area contributed by atoms with Crippen LogP contribution in [0, 0.1) is 18.8 Å². The molecule has 6 nitrogen and oxygen atoms in total. The van der Waals surface area contributed by atoms with Gasteiger partial charge in [-0.3, -0.25) is 14.3 Å². The second kappa shape index (κ2) is 7.62. The minimum Gasteiger partial charge on any atom is -0.481 e. The Morgan fingerprint density at radius 3 is 2.83 bits per heavy atom. The lowest BCUT2D eigenvalue weighted by Gasteiger charge is -2.32. The predicted octanol–water partition coefficient (Wildman–Crippen LogP) is 2.56. The molecule has 0 aliphatic carbocycles. The van der Waals surface area contributed by atoms with Gasteiger partial charge in [-0.05, 0) is 38.0 Å². The molecule has 1 atom stereocenters. The molecule has 1 fully saturated rings. The van der Waals surface area contributed by atoms with E-state index in [0.717, 1.165) is 31.6 Å². The van der Waals surface area contributed by atoms with Crippen molar-refractivity contribution in [3.63, 3.8) is 0 Å². The van der Waals surface area contributed by atoms with Crippen LogP contribution in [-0.4, -0.2) is 44.8 Å². The average Bonchev–Trinajstić information content (AvgIpc) is 2.85. The number of likely N-dealkylation sites (tertiary alicyclic amines) is 1. The van der Waals surface area contributed by atoms with Gasteiger partial charge in [0, 0.05) is 31.7 Å². The zero-order valence-corrected chi connectivity index (χ0v) is 14.3. The molecule has 1 N–H and O–H groups in total. The number of nitrogens with zero attached hydrogens (tertiary/aromatic N) is 3. The van der Waals surface area contributed by atoms with Gasteiger partial charge in [0.2, 0.25) is 0 Å². The Bertz CT molecular complexity index is 565. The molecule has 23 heavy (non-hydrogen) atoms. The standard InChI is InChI=1S/C17H27N3O3/c1-12(2)10-20-13(3)15(9-18-20)17(23)19-8-4-5-14(11-19)6-7-16(21)22/h9,12,14H,4-8,10-11H2,1-3H3,(H,21,22). The number of hydrogen-bond donors (Lipinski definition) is 1. The van der Waals surface area contributed by atoms with Crippen molar-refractivity contribution in [2.24, 2.45) is 11.8 Å². The molecule has 0 radical (unpaired) electrons. The van der Waals surface area contributed by atoms with Gasteiger partial charge in [0.15, 0.2) is 0 Å². The maximum absolute atomic E-state index is 12.8. The SMILES string of the molecule is Cc1c(C(=O)N2CCCC(CCC(=O)O)C2)cnn1CC(C)C. The number of carboxylic acid groups (broad SMARTS) is 1. The number of carboxylic acids is 1. The van der Waals surface area contributed by atoms with Crippen LogP contribution in [0.2, 0.25) is 0 Å². The fourth-order valence-corrected chi connectivity index (χ4v) is 3.17. The first-order valence-electron chi connectivity index (χ1n) is 8.42. The van der Waals surface area contributed by atoms with Gasteiger partial charge in [0.25, 0.3) is 5.91 Å². The van der Waals surface area contributed by atoms with Crippen LogP contribution in [-0.2, 0) is 11.3 Å². The largest absolute Gasteiger partial charge is 0.481 e. The molecule has 1 aliphatic rings. The highest BCUT2D eigenvalue weighted by molar-refractivity contribution is 5.95. The van der Waals surface area contributed by atoms with Crippen LogP contribution in [0.15, 0.2) is 6.20 Å². The summed E-state index contributed by atoms with van der Waals surface area (Å²) in [6.07, 6.45) is 4.43. The fraction of sp³-hybridized carbons (Fsp3) is 0.706. The summed E-state index contributed by atoms with van der Waals surface area (Å²) < 4.78 is 1.89. The average molecular weight is 321 g/mol. The second-order valence-corrected chi connectivity index (χ2v) is 6.91. The third kappa shape index (κ3) is 4.56. The van der Waals surface area contributed by atoms with E-state index in [-0.39, 0.29) is 18.2 Å². The Balaban J connectivity index is 2.02. The van der Waals surface area contributed by atoms with E-state index in [1.165, 1.54) is 0 Å². The van der Waals surface area contributed by atoms with Crippen LogP contribution >= 0.6 is 0 Å². The molecule has 1 aliphatic heterocycles. The first kappa shape index (κ1) is 17.5. The molecule has 1 saturated heterocycles. The number of piperidine rings is 1. The summed E-state index contributed by atoms with van der Waals surface area (Å²) in [7, 11) is 0. The summed E-state index contributed by atoms with van der Waals surface area (Å²) in [5.74, 6) is 0.0264. The van der Waals surface area contributed by atoms with E-state index in [1.807, 2.05) is 16.5 Å². The van der Waals surface area contributed by atoms with Gasteiger partial charge < -0.3 is 10.0 Å². The quantitative estimate of drug-likeness (QED) is 0.873. The molecule has 2 rings (SSSR count). The Morgan fingerprint density at radius 1 is 1.43 bits per heavy atom. The van der Waals surface area contributed by atoms with Gasteiger partial charge >= 0.3 is 5.97 Å². The van der Waals surface area contributed by atoms with Gasteiger partial charge in [-0.1, -0.05) is 13.8 Å². The number of amides is 1.